The first-order valence-corrected chi connectivity index (χ1v) is 7.66. The molecule has 16 heavy (non-hydrogen) atoms. The summed E-state index contributed by atoms with van der Waals surface area (Å²) in [6.45, 7) is 0. The van der Waals surface area contributed by atoms with Crippen LogP contribution in [0, 0.1) is 5.92 Å². The Kier molecular flexibility index (Phi) is 4.65. The Morgan fingerprint density at radius 2 is 1.81 bits per heavy atom. The smallest absolute Gasteiger partial charge is 0.212 e. The van der Waals surface area contributed by atoms with Gasteiger partial charge in [0.1, 0.15) is 4.66 Å². The van der Waals surface area contributed by atoms with Gasteiger partial charge in [-0.2, -0.15) is 13.2 Å². The first kappa shape index (κ1) is 14.2. The van der Waals surface area contributed by atoms with Crippen LogP contribution in [0.3, 0.4) is 0 Å². The van der Waals surface area contributed by atoms with E-state index in [2.05, 4.69) is 20.7 Å². The highest BCUT2D eigenvalue weighted by atomic mass is 79.9. The highest BCUT2D eigenvalue weighted by Gasteiger charge is 2.46. The van der Waals surface area contributed by atoms with E-state index in [9.17, 15) is 21.6 Å². The number of alkyl halides is 4. The Morgan fingerprint density at radius 3 is 2.31 bits per heavy atom. The van der Waals surface area contributed by atoms with E-state index in [1.165, 1.54) is 0 Å². The first-order chi connectivity index (χ1) is 7.26. The van der Waals surface area contributed by atoms with Crippen molar-refractivity contribution in [3.05, 3.63) is 0 Å². The van der Waals surface area contributed by atoms with Crippen LogP contribution >= 0.6 is 15.9 Å². The van der Waals surface area contributed by atoms with Crippen LogP contribution < -0.4 is 4.72 Å². The SMILES string of the molecule is O=S(=O)(CBr)NC1CCCCC1C(F)(F)F. The molecule has 0 aromatic carbocycles. The third-order valence-corrected chi connectivity index (χ3v) is 5.42. The Bertz CT molecular complexity index is 331. The number of nitrogens with one attached hydrogen (secondary N) is 1. The highest BCUT2D eigenvalue weighted by Crippen LogP contribution is 2.37. The Hall–Kier alpha value is 0.180. The minimum atomic E-state index is -4.33. The third-order valence-electron chi connectivity index (χ3n) is 2.66. The van der Waals surface area contributed by atoms with Gasteiger partial charge in [-0.15, -0.1) is 0 Å². The summed E-state index contributed by atoms with van der Waals surface area (Å²) in [4.78, 5) is 0. The van der Waals surface area contributed by atoms with Gasteiger partial charge in [-0.05, 0) is 12.8 Å². The van der Waals surface area contributed by atoms with Crippen LogP contribution in [0.2, 0.25) is 0 Å². The van der Waals surface area contributed by atoms with Crippen molar-refractivity contribution in [3.63, 3.8) is 0 Å². The number of halogens is 4. The fraction of sp³-hybridized carbons (Fsp3) is 1.00. The Balaban J connectivity index is 2.76. The van der Waals surface area contributed by atoms with Crippen LogP contribution in [0.5, 0.6) is 0 Å². The normalized spacial score (nSPS) is 28.0. The molecule has 2 unspecified atom stereocenters. The maximum atomic E-state index is 12.6. The molecule has 0 amide bonds. The van der Waals surface area contributed by atoms with Gasteiger partial charge in [-0.25, -0.2) is 13.1 Å². The van der Waals surface area contributed by atoms with Crippen LogP contribution in [0.1, 0.15) is 25.7 Å². The summed E-state index contributed by atoms with van der Waals surface area (Å²) < 4.78 is 62.0. The van der Waals surface area contributed by atoms with Crippen LogP contribution in [-0.2, 0) is 10.0 Å². The van der Waals surface area contributed by atoms with Crippen LogP contribution in [-0.4, -0.2) is 25.3 Å². The first-order valence-electron chi connectivity index (χ1n) is 4.89. The lowest BCUT2D eigenvalue weighted by molar-refractivity contribution is -0.187. The fourth-order valence-corrected chi connectivity index (χ4v) is 3.13. The zero-order chi connectivity index (χ0) is 12.4. The van der Waals surface area contributed by atoms with Crippen molar-refractivity contribution < 1.29 is 21.6 Å². The summed E-state index contributed by atoms with van der Waals surface area (Å²) in [7, 11) is -3.65. The Morgan fingerprint density at radius 1 is 1.25 bits per heavy atom. The topological polar surface area (TPSA) is 46.2 Å². The third kappa shape index (κ3) is 3.89. The summed E-state index contributed by atoms with van der Waals surface area (Å²) in [6.07, 6.45) is -2.96. The minimum absolute atomic E-state index is 0.00102. The molecule has 1 fully saturated rings. The molecule has 0 bridgehead atoms. The predicted octanol–water partition coefficient (Wildman–Crippen LogP) is 2.38. The quantitative estimate of drug-likeness (QED) is 0.810. The number of hydrogen-bond donors (Lipinski definition) is 1. The molecule has 0 heterocycles. The van der Waals surface area contributed by atoms with Gasteiger partial charge in [0.2, 0.25) is 10.0 Å². The van der Waals surface area contributed by atoms with Crippen molar-refractivity contribution in [2.75, 3.05) is 4.66 Å². The van der Waals surface area contributed by atoms with E-state index in [-0.39, 0.29) is 17.5 Å². The average molecular weight is 324 g/mol. The van der Waals surface area contributed by atoms with Gasteiger partial charge in [-0.1, -0.05) is 28.8 Å². The summed E-state index contributed by atoms with van der Waals surface area (Å²) >= 11 is 2.74. The second-order valence-corrected chi connectivity index (χ2v) is 6.94. The monoisotopic (exact) mass is 323 g/mol. The van der Waals surface area contributed by atoms with Gasteiger partial charge in [0, 0.05) is 6.04 Å². The summed E-state index contributed by atoms with van der Waals surface area (Å²) in [5.41, 5.74) is 0. The van der Waals surface area contributed by atoms with Crippen LogP contribution in [0.25, 0.3) is 0 Å². The standard InChI is InChI=1S/C8H13BrF3NO2S/c9-5-16(14,15)13-7-4-2-1-3-6(7)8(10,11)12/h6-7,13H,1-5H2. The molecular weight excluding hydrogens is 311 g/mol. The van der Waals surface area contributed by atoms with Crippen molar-refractivity contribution in [1.29, 1.82) is 0 Å². The summed E-state index contributed by atoms with van der Waals surface area (Å²) in [6, 6.07) is -1.02. The van der Waals surface area contributed by atoms with Crippen molar-refractivity contribution >= 4 is 26.0 Å². The number of sulfonamides is 1. The zero-order valence-electron chi connectivity index (χ0n) is 8.43. The van der Waals surface area contributed by atoms with E-state index in [1.807, 2.05) is 0 Å². The molecule has 0 spiro atoms. The molecule has 8 heteroatoms. The second kappa shape index (κ2) is 5.22. The Labute approximate surface area is 101 Å². The molecular formula is C8H13BrF3NO2S. The van der Waals surface area contributed by atoms with Gasteiger partial charge in [0.25, 0.3) is 0 Å². The van der Waals surface area contributed by atoms with E-state index in [0.29, 0.717) is 12.8 Å². The van der Waals surface area contributed by atoms with Gasteiger partial charge < -0.3 is 0 Å². The van der Waals surface area contributed by atoms with Gasteiger partial charge in [-0.3, -0.25) is 0 Å². The van der Waals surface area contributed by atoms with Gasteiger partial charge in [0.05, 0.1) is 5.92 Å². The molecule has 0 aromatic heterocycles. The number of hydrogen-bond acceptors (Lipinski definition) is 2. The van der Waals surface area contributed by atoms with E-state index in [0.717, 1.165) is 0 Å². The lowest BCUT2D eigenvalue weighted by Crippen LogP contribution is -2.47. The van der Waals surface area contributed by atoms with E-state index in [1.54, 1.807) is 0 Å². The second-order valence-electron chi connectivity index (χ2n) is 3.88. The molecule has 0 saturated heterocycles. The van der Waals surface area contributed by atoms with Crippen molar-refractivity contribution in [1.82, 2.24) is 4.72 Å². The molecule has 0 radical (unpaired) electrons. The maximum absolute atomic E-state index is 12.6. The van der Waals surface area contributed by atoms with Crippen molar-refractivity contribution in [3.8, 4) is 0 Å². The zero-order valence-corrected chi connectivity index (χ0v) is 10.8. The van der Waals surface area contributed by atoms with E-state index in [4.69, 9.17) is 0 Å². The predicted molar refractivity (Wildman–Crippen MR) is 57.7 cm³/mol. The molecule has 96 valence electrons. The molecule has 0 aromatic rings. The molecule has 0 aliphatic heterocycles. The van der Waals surface area contributed by atoms with E-state index < -0.39 is 28.2 Å². The molecule has 2 atom stereocenters. The number of rotatable bonds is 3. The summed E-state index contributed by atoms with van der Waals surface area (Å²) in [5, 5.41) is 0. The largest absolute Gasteiger partial charge is 0.393 e. The maximum Gasteiger partial charge on any atom is 0.393 e. The van der Waals surface area contributed by atoms with Gasteiger partial charge >= 0.3 is 6.18 Å². The molecule has 1 saturated carbocycles. The minimum Gasteiger partial charge on any atom is -0.212 e. The molecule has 1 aliphatic rings. The van der Waals surface area contributed by atoms with Gasteiger partial charge in [0.15, 0.2) is 0 Å². The molecule has 1 aliphatic carbocycles. The molecule has 3 nitrogen and oxygen atoms in total. The summed E-state index contributed by atoms with van der Waals surface area (Å²) in [5.74, 6) is -1.56. The lowest BCUT2D eigenvalue weighted by Gasteiger charge is -2.33. The van der Waals surface area contributed by atoms with Crippen molar-refractivity contribution in [2.45, 2.75) is 37.9 Å². The highest BCUT2D eigenvalue weighted by molar-refractivity contribution is 9.10. The van der Waals surface area contributed by atoms with Crippen molar-refractivity contribution in [2.24, 2.45) is 5.92 Å². The molecule has 1 N–H and O–H groups in total. The van der Waals surface area contributed by atoms with E-state index >= 15 is 0 Å². The average Bonchev–Trinajstić information content (AvgIpc) is 2.16. The van der Waals surface area contributed by atoms with Crippen LogP contribution in [0.15, 0.2) is 0 Å². The fourth-order valence-electron chi connectivity index (χ4n) is 1.93. The lowest BCUT2D eigenvalue weighted by atomic mass is 9.85. The molecule has 1 rings (SSSR count). The van der Waals surface area contributed by atoms with Crippen LogP contribution in [0.4, 0.5) is 13.2 Å².